The van der Waals surface area contributed by atoms with Crippen LogP contribution in [0.2, 0.25) is 0 Å². The molecule has 21 heavy (non-hydrogen) atoms. The zero-order valence-corrected chi connectivity index (χ0v) is 12.4. The Morgan fingerprint density at radius 1 is 1.05 bits per heavy atom. The highest BCUT2D eigenvalue weighted by Gasteiger charge is 2.33. The van der Waals surface area contributed by atoms with Crippen LogP contribution in [-0.2, 0) is 6.42 Å². The van der Waals surface area contributed by atoms with Gasteiger partial charge in [0.15, 0.2) is 0 Å². The fraction of sp³-hybridized carbons (Fsp3) is 0.316. The van der Waals surface area contributed by atoms with Gasteiger partial charge in [-0.15, -0.1) is 0 Å². The summed E-state index contributed by atoms with van der Waals surface area (Å²) in [5.74, 6) is 0.743. The Morgan fingerprint density at radius 2 is 1.67 bits per heavy atom. The lowest BCUT2D eigenvalue weighted by Crippen LogP contribution is -2.37. The molecule has 2 nitrogen and oxygen atoms in total. The second-order valence-electron chi connectivity index (χ2n) is 6.01. The number of carbonyl (C=O) groups is 1. The molecule has 1 aliphatic rings. The number of hydrogen-bond donors (Lipinski definition) is 0. The third-order valence-electron chi connectivity index (χ3n) is 4.22. The van der Waals surface area contributed by atoms with Crippen LogP contribution in [0.4, 0.5) is 0 Å². The summed E-state index contributed by atoms with van der Waals surface area (Å²) in [4.78, 5) is 14.8. The van der Waals surface area contributed by atoms with Crippen molar-refractivity contribution >= 4 is 5.91 Å². The van der Waals surface area contributed by atoms with E-state index in [0.29, 0.717) is 12.0 Å². The molecule has 1 heterocycles. The Morgan fingerprint density at radius 3 is 2.33 bits per heavy atom. The molecule has 0 aromatic heterocycles. The predicted octanol–water partition coefficient (Wildman–Crippen LogP) is 3.78. The van der Waals surface area contributed by atoms with Crippen molar-refractivity contribution in [3.63, 3.8) is 0 Å². The first-order valence-electron chi connectivity index (χ1n) is 7.64. The number of benzene rings is 2. The van der Waals surface area contributed by atoms with Crippen LogP contribution in [0.25, 0.3) is 0 Å². The molecule has 1 aliphatic heterocycles. The summed E-state index contributed by atoms with van der Waals surface area (Å²) >= 11 is 0. The number of likely N-dealkylation sites (tertiary alicyclic amines) is 1. The molecule has 0 bridgehead atoms. The van der Waals surface area contributed by atoms with Crippen molar-refractivity contribution in [1.29, 1.82) is 0 Å². The summed E-state index contributed by atoms with van der Waals surface area (Å²) in [6.07, 6.45) is 2.04. The van der Waals surface area contributed by atoms with Gasteiger partial charge in [-0.05, 0) is 36.5 Å². The molecule has 2 heteroatoms. The summed E-state index contributed by atoms with van der Waals surface area (Å²) in [6.45, 7) is 3.10. The summed E-state index contributed by atoms with van der Waals surface area (Å²) < 4.78 is 0. The van der Waals surface area contributed by atoms with E-state index in [1.54, 1.807) is 0 Å². The van der Waals surface area contributed by atoms with E-state index in [1.165, 1.54) is 5.56 Å². The third-order valence-corrected chi connectivity index (χ3v) is 4.22. The molecule has 108 valence electrons. The lowest BCUT2D eigenvalue weighted by Gasteiger charge is -2.25. The van der Waals surface area contributed by atoms with Crippen molar-refractivity contribution in [3.8, 4) is 0 Å². The highest BCUT2D eigenvalue weighted by molar-refractivity contribution is 5.94. The van der Waals surface area contributed by atoms with E-state index in [4.69, 9.17) is 0 Å². The van der Waals surface area contributed by atoms with Crippen LogP contribution < -0.4 is 0 Å². The van der Waals surface area contributed by atoms with Crippen LogP contribution in [0.5, 0.6) is 0 Å². The normalized spacial score (nSPS) is 21.5. The SMILES string of the molecule is C[C@H]1C[C@@H](Cc2ccccc2)N(C(=O)c2ccccc2)C1. The topological polar surface area (TPSA) is 20.3 Å². The lowest BCUT2D eigenvalue weighted by molar-refractivity contribution is 0.0733. The van der Waals surface area contributed by atoms with E-state index in [-0.39, 0.29) is 5.91 Å². The number of nitrogens with zero attached hydrogens (tertiary/aromatic N) is 1. The molecule has 1 fully saturated rings. The highest BCUT2D eigenvalue weighted by Crippen LogP contribution is 2.27. The molecule has 1 saturated heterocycles. The molecule has 1 amide bonds. The first-order valence-corrected chi connectivity index (χ1v) is 7.64. The quantitative estimate of drug-likeness (QED) is 0.837. The number of amides is 1. The van der Waals surface area contributed by atoms with Crippen LogP contribution in [0.15, 0.2) is 60.7 Å². The van der Waals surface area contributed by atoms with Crippen molar-refractivity contribution in [2.75, 3.05) is 6.54 Å². The van der Waals surface area contributed by atoms with Gasteiger partial charge in [0.1, 0.15) is 0 Å². The second kappa shape index (κ2) is 6.13. The minimum Gasteiger partial charge on any atom is -0.335 e. The molecule has 2 atom stereocenters. The fourth-order valence-electron chi connectivity index (χ4n) is 3.23. The zero-order chi connectivity index (χ0) is 14.7. The number of hydrogen-bond acceptors (Lipinski definition) is 1. The molecule has 0 saturated carbocycles. The van der Waals surface area contributed by atoms with Crippen molar-refractivity contribution in [1.82, 2.24) is 4.90 Å². The van der Waals surface area contributed by atoms with Gasteiger partial charge in [0, 0.05) is 18.2 Å². The Balaban J connectivity index is 1.78. The maximum Gasteiger partial charge on any atom is 0.254 e. The average molecular weight is 279 g/mol. The summed E-state index contributed by atoms with van der Waals surface area (Å²) in [7, 11) is 0. The maximum absolute atomic E-state index is 12.7. The van der Waals surface area contributed by atoms with Crippen LogP contribution in [0, 0.1) is 5.92 Å². The molecular weight excluding hydrogens is 258 g/mol. The van der Waals surface area contributed by atoms with Crippen LogP contribution >= 0.6 is 0 Å². The smallest absolute Gasteiger partial charge is 0.254 e. The van der Waals surface area contributed by atoms with Crippen LogP contribution in [-0.4, -0.2) is 23.4 Å². The Hall–Kier alpha value is -2.09. The Labute approximate surface area is 126 Å². The van der Waals surface area contributed by atoms with Gasteiger partial charge >= 0.3 is 0 Å². The number of carbonyl (C=O) groups excluding carboxylic acids is 1. The molecule has 3 rings (SSSR count). The fourth-order valence-corrected chi connectivity index (χ4v) is 3.23. The summed E-state index contributed by atoms with van der Waals surface area (Å²) in [5.41, 5.74) is 2.10. The summed E-state index contributed by atoms with van der Waals surface area (Å²) in [5, 5.41) is 0. The van der Waals surface area contributed by atoms with Gasteiger partial charge in [0.25, 0.3) is 5.91 Å². The maximum atomic E-state index is 12.7. The molecule has 0 radical (unpaired) electrons. The molecule has 0 unspecified atom stereocenters. The zero-order valence-electron chi connectivity index (χ0n) is 12.4. The summed E-state index contributed by atoms with van der Waals surface area (Å²) in [6, 6.07) is 20.4. The number of rotatable bonds is 3. The van der Waals surface area contributed by atoms with Crippen LogP contribution in [0.1, 0.15) is 29.3 Å². The Kier molecular flexibility index (Phi) is 4.05. The highest BCUT2D eigenvalue weighted by atomic mass is 16.2. The van der Waals surface area contributed by atoms with E-state index >= 15 is 0 Å². The van der Waals surface area contributed by atoms with Gasteiger partial charge in [0.2, 0.25) is 0 Å². The third kappa shape index (κ3) is 3.15. The van der Waals surface area contributed by atoms with Crippen LogP contribution in [0.3, 0.4) is 0 Å². The Bertz CT molecular complexity index is 593. The van der Waals surface area contributed by atoms with Crippen molar-refractivity contribution in [3.05, 3.63) is 71.8 Å². The van der Waals surface area contributed by atoms with E-state index in [1.807, 2.05) is 36.4 Å². The predicted molar refractivity (Wildman–Crippen MR) is 85.2 cm³/mol. The van der Waals surface area contributed by atoms with E-state index in [0.717, 1.165) is 24.9 Å². The first kappa shape index (κ1) is 13.9. The van der Waals surface area contributed by atoms with Gasteiger partial charge in [-0.25, -0.2) is 0 Å². The minimum absolute atomic E-state index is 0.167. The molecule has 0 N–H and O–H groups in total. The van der Waals surface area contributed by atoms with E-state index in [2.05, 4.69) is 36.1 Å². The molecular formula is C19H21NO. The van der Waals surface area contributed by atoms with Gasteiger partial charge in [-0.2, -0.15) is 0 Å². The van der Waals surface area contributed by atoms with Gasteiger partial charge in [0.05, 0.1) is 0 Å². The monoisotopic (exact) mass is 279 g/mol. The van der Waals surface area contributed by atoms with Crippen molar-refractivity contribution in [2.24, 2.45) is 5.92 Å². The molecule has 2 aromatic carbocycles. The van der Waals surface area contributed by atoms with Crippen molar-refractivity contribution < 1.29 is 4.79 Å². The van der Waals surface area contributed by atoms with Gasteiger partial charge < -0.3 is 4.90 Å². The van der Waals surface area contributed by atoms with E-state index < -0.39 is 0 Å². The molecule has 0 spiro atoms. The van der Waals surface area contributed by atoms with E-state index in [9.17, 15) is 4.79 Å². The largest absolute Gasteiger partial charge is 0.335 e. The lowest BCUT2D eigenvalue weighted by atomic mass is 10.0. The minimum atomic E-state index is 0.167. The first-order chi connectivity index (χ1) is 10.2. The van der Waals surface area contributed by atoms with Gasteiger partial charge in [-0.1, -0.05) is 55.5 Å². The molecule has 0 aliphatic carbocycles. The molecule has 2 aromatic rings. The van der Waals surface area contributed by atoms with Gasteiger partial charge in [-0.3, -0.25) is 4.79 Å². The van der Waals surface area contributed by atoms with Crippen molar-refractivity contribution in [2.45, 2.75) is 25.8 Å². The standard InChI is InChI=1S/C19H21NO/c1-15-12-18(13-16-8-4-2-5-9-16)20(14-15)19(21)17-10-6-3-7-11-17/h2-11,15,18H,12-14H2,1H3/t15-,18-/m0/s1. The second-order valence-corrected chi connectivity index (χ2v) is 6.01. The average Bonchev–Trinajstić information content (AvgIpc) is 2.89.